The number of piperazine rings is 1. The monoisotopic (exact) mass is 290 g/mol. The molecule has 0 bridgehead atoms. The molecule has 0 spiro atoms. The molecule has 0 aromatic carbocycles. The van der Waals surface area contributed by atoms with Crippen molar-refractivity contribution in [3.05, 3.63) is 18.0 Å². The van der Waals surface area contributed by atoms with E-state index in [1.807, 2.05) is 11.8 Å². The predicted octanol–water partition coefficient (Wildman–Crippen LogP) is 1.04. The molecular weight excluding hydrogens is 273 g/mol. The van der Waals surface area contributed by atoms with Crippen LogP contribution in [-0.4, -0.2) is 46.9 Å². The number of rotatable bonds is 2. The molecule has 1 aromatic heterocycles. The van der Waals surface area contributed by atoms with Gasteiger partial charge in [0.1, 0.15) is 0 Å². The summed E-state index contributed by atoms with van der Waals surface area (Å²) < 4.78 is 38.1. The molecule has 0 radical (unpaired) electrons. The topological polar surface area (TPSA) is 61.3 Å². The molecule has 5 nitrogen and oxygen atoms in total. The molecule has 2 rings (SSSR count). The van der Waals surface area contributed by atoms with E-state index in [1.165, 1.54) is 0 Å². The van der Waals surface area contributed by atoms with Crippen molar-refractivity contribution in [1.29, 1.82) is 0 Å². The number of nitrogens with one attached hydrogen (secondary N) is 1. The van der Waals surface area contributed by atoms with Gasteiger partial charge in [0.05, 0.1) is 0 Å². The van der Waals surface area contributed by atoms with E-state index >= 15 is 0 Å². The highest BCUT2D eigenvalue weighted by Crippen LogP contribution is 2.38. The van der Waals surface area contributed by atoms with Crippen molar-refractivity contribution in [2.75, 3.05) is 24.5 Å². The standard InChI is InChI=1S/C12H17F3N4O/c1-8-5-16-3-4-19(8)10-17-6-9(7-18-10)11(2,20)12(13,14)15/h6-8,16,20H,3-5H2,1-2H3. The molecule has 1 fully saturated rings. The van der Waals surface area contributed by atoms with Crippen LogP contribution < -0.4 is 10.2 Å². The second-order valence-electron chi connectivity index (χ2n) is 5.09. The van der Waals surface area contributed by atoms with Crippen molar-refractivity contribution in [3.8, 4) is 0 Å². The maximum atomic E-state index is 12.7. The van der Waals surface area contributed by atoms with Crippen LogP contribution in [-0.2, 0) is 5.60 Å². The van der Waals surface area contributed by atoms with Gasteiger partial charge in [-0.15, -0.1) is 0 Å². The van der Waals surface area contributed by atoms with Gasteiger partial charge in [-0.2, -0.15) is 13.2 Å². The fourth-order valence-electron chi connectivity index (χ4n) is 2.02. The van der Waals surface area contributed by atoms with Crippen LogP contribution in [0.15, 0.2) is 12.4 Å². The van der Waals surface area contributed by atoms with Crippen molar-refractivity contribution in [3.63, 3.8) is 0 Å². The van der Waals surface area contributed by atoms with E-state index in [0.29, 0.717) is 19.4 Å². The molecule has 1 saturated heterocycles. The summed E-state index contributed by atoms with van der Waals surface area (Å²) in [5, 5.41) is 12.8. The average molecular weight is 290 g/mol. The smallest absolute Gasteiger partial charge is 0.376 e. The largest absolute Gasteiger partial charge is 0.421 e. The number of hydrogen-bond acceptors (Lipinski definition) is 5. The maximum absolute atomic E-state index is 12.7. The third kappa shape index (κ3) is 2.71. The van der Waals surface area contributed by atoms with E-state index < -0.39 is 11.8 Å². The lowest BCUT2D eigenvalue weighted by molar-refractivity contribution is -0.259. The summed E-state index contributed by atoms with van der Waals surface area (Å²) in [5.41, 5.74) is -3.31. The molecule has 0 aliphatic carbocycles. The van der Waals surface area contributed by atoms with Gasteiger partial charge in [0.15, 0.2) is 5.60 Å². The molecule has 0 amide bonds. The summed E-state index contributed by atoms with van der Waals surface area (Å²) in [7, 11) is 0. The highest BCUT2D eigenvalue weighted by Gasteiger charge is 2.51. The van der Waals surface area contributed by atoms with E-state index in [0.717, 1.165) is 25.5 Å². The second kappa shape index (κ2) is 5.17. The van der Waals surface area contributed by atoms with Crippen LogP contribution in [0.25, 0.3) is 0 Å². The van der Waals surface area contributed by atoms with Gasteiger partial charge in [0, 0.05) is 43.6 Å². The Morgan fingerprint density at radius 3 is 2.45 bits per heavy atom. The van der Waals surface area contributed by atoms with Crippen LogP contribution in [0.5, 0.6) is 0 Å². The summed E-state index contributed by atoms with van der Waals surface area (Å²) in [6.07, 6.45) is -2.70. The zero-order valence-corrected chi connectivity index (χ0v) is 11.3. The fourth-order valence-corrected chi connectivity index (χ4v) is 2.02. The minimum absolute atomic E-state index is 0.165. The Morgan fingerprint density at radius 2 is 1.95 bits per heavy atom. The number of alkyl halides is 3. The molecule has 112 valence electrons. The van der Waals surface area contributed by atoms with Gasteiger partial charge in [-0.1, -0.05) is 0 Å². The quantitative estimate of drug-likeness (QED) is 0.852. The lowest BCUT2D eigenvalue weighted by Crippen LogP contribution is -2.50. The highest BCUT2D eigenvalue weighted by molar-refractivity contribution is 5.33. The van der Waals surface area contributed by atoms with Crippen LogP contribution in [0.1, 0.15) is 19.4 Å². The van der Waals surface area contributed by atoms with Crippen molar-refractivity contribution in [2.24, 2.45) is 0 Å². The average Bonchev–Trinajstić information content (AvgIpc) is 2.38. The zero-order chi connectivity index (χ0) is 15.0. The van der Waals surface area contributed by atoms with Crippen molar-refractivity contribution >= 4 is 5.95 Å². The third-order valence-electron chi connectivity index (χ3n) is 3.51. The Hall–Kier alpha value is -1.41. The number of nitrogens with zero attached hydrogens (tertiary/aromatic N) is 3. The van der Waals surface area contributed by atoms with Gasteiger partial charge >= 0.3 is 6.18 Å². The molecule has 2 atom stereocenters. The van der Waals surface area contributed by atoms with Crippen LogP contribution in [0.3, 0.4) is 0 Å². The van der Waals surface area contributed by atoms with Gasteiger partial charge in [-0.3, -0.25) is 0 Å². The number of aromatic nitrogens is 2. The first-order valence-electron chi connectivity index (χ1n) is 6.32. The molecule has 0 saturated carbocycles. The summed E-state index contributed by atoms with van der Waals surface area (Å²) in [5.74, 6) is 0.376. The molecule has 1 aliphatic rings. The molecule has 20 heavy (non-hydrogen) atoms. The molecule has 1 aromatic rings. The Kier molecular flexibility index (Phi) is 3.88. The minimum Gasteiger partial charge on any atom is -0.376 e. The zero-order valence-electron chi connectivity index (χ0n) is 11.3. The summed E-state index contributed by atoms with van der Waals surface area (Å²) in [6.45, 7) is 4.91. The Labute approximate surface area is 114 Å². The van der Waals surface area contributed by atoms with Gasteiger partial charge in [0.25, 0.3) is 0 Å². The van der Waals surface area contributed by atoms with Gasteiger partial charge in [0.2, 0.25) is 5.95 Å². The molecule has 2 N–H and O–H groups in total. The highest BCUT2D eigenvalue weighted by atomic mass is 19.4. The van der Waals surface area contributed by atoms with Gasteiger partial charge < -0.3 is 15.3 Å². The first kappa shape index (κ1) is 15.0. The minimum atomic E-state index is -4.76. The van der Waals surface area contributed by atoms with Crippen LogP contribution >= 0.6 is 0 Å². The molecule has 2 unspecified atom stereocenters. The number of anilines is 1. The third-order valence-corrected chi connectivity index (χ3v) is 3.51. The number of hydrogen-bond donors (Lipinski definition) is 2. The normalized spacial score (nSPS) is 23.5. The van der Waals surface area contributed by atoms with Crippen molar-refractivity contribution in [2.45, 2.75) is 31.7 Å². The van der Waals surface area contributed by atoms with Crippen LogP contribution in [0.4, 0.5) is 19.1 Å². The predicted molar refractivity (Wildman–Crippen MR) is 67.3 cm³/mol. The van der Waals surface area contributed by atoms with Gasteiger partial charge in [-0.05, 0) is 13.8 Å². The number of halogens is 3. The van der Waals surface area contributed by atoms with Crippen LogP contribution in [0.2, 0.25) is 0 Å². The maximum Gasteiger partial charge on any atom is 0.421 e. The summed E-state index contributed by atoms with van der Waals surface area (Å²) in [6, 6.07) is 0.165. The van der Waals surface area contributed by atoms with E-state index in [4.69, 9.17) is 0 Å². The lowest BCUT2D eigenvalue weighted by Gasteiger charge is -2.34. The lowest BCUT2D eigenvalue weighted by atomic mass is 9.99. The SMILES string of the molecule is CC1CNCCN1c1ncc(C(C)(O)C(F)(F)F)cn1. The Balaban J connectivity index is 2.22. The first-order chi connectivity index (χ1) is 9.23. The van der Waals surface area contributed by atoms with E-state index in [2.05, 4.69) is 15.3 Å². The second-order valence-corrected chi connectivity index (χ2v) is 5.09. The molecule has 1 aliphatic heterocycles. The van der Waals surface area contributed by atoms with E-state index in [-0.39, 0.29) is 11.6 Å². The molecule has 8 heteroatoms. The van der Waals surface area contributed by atoms with Crippen molar-refractivity contribution in [1.82, 2.24) is 15.3 Å². The number of aliphatic hydroxyl groups is 1. The molecular formula is C12H17F3N4O. The van der Waals surface area contributed by atoms with Crippen molar-refractivity contribution < 1.29 is 18.3 Å². The Morgan fingerprint density at radius 1 is 1.35 bits per heavy atom. The summed E-state index contributed by atoms with van der Waals surface area (Å²) >= 11 is 0. The van der Waals surface area contributed by atoms with E-state index in [9.17, 15) is 18.3 Å². The Bertz CT molecular complexity index is 461. The van der Waals surface area contributed by atoms with Crippen LogP contribution in [0, 0.1) is 0 Å². The van der Waals surface area contributed by atoms with Gasteiger partial charge in [-0.25, -0.2) is 9.97 Å². The fraction of sp³-hybridized carbons (Fsp3) is 0.667. The summed E-state index contributed by atoms with van der Waals surface area (Å²) in [4.78, 5) is 9.84. The van der Waals surface area contributed by atoms with E-state index in [1.54, 1.807) is 0 Å². The first-order valence-corrected chi connectivity index (χ1v) is 6.32. The molecule has 2 heterocycles.